The van der Waals surface area contributed by atoms with E-state index >= 15 is 0 Å². The number of halogens is 1. The maximum atomic E-state index is 14.4. The fourth-order valence-electron chi connectivity index (χ4n) is 12.0. The maximum absolute atomic E-state index is 14.4. The van der Waals surface area contributed by atoms with Crippen LogP contribution in [-0.4, -0.2) is 150 Å². The Labute approximate surface area is 551 Å². The molecule has 1 fully saturated rings. The van der Waals surface area contributed by atoms with Gasteiger partial charge in [0.25, 0.3) is 17.6 Å². The first kappa shape index (κ1) is 70.4. The van der Waals surface area contributed by atoms with Crippen LogP contribution in [0.1, 0.15) is 97.0 Å². The number of nitrogens with zero attached hydrogens (tertiary/aromatic N) is 6. The molecule has 22 nitrogen and oxygen atoms in total. The third-order valence-electron chi connectivity index (χ3n) is 17.5. The second kappa shape index (κ2) is 31.0. The number of nitrogen functional groups attached to an aromatic ring is 1. The van der Waals surface area contributed by atoms with E-state index in [-0.39, 0.29) is 50.4 Å². The summed E-state index contributed by atoms with van der Waals surface area (Å²) in [6.07, 6.45) is 13.6. The van der Waals surface area contributed by atoms with Crippen LogP contribution in [-0.2, 0) is 29.3 Å². The van der Waals surface area contributed by atoms with Crippen molar-refractivity contribution in [3.8, 4) is 23.0 Å². The van der Waals surface area contributed by atoms with E-state index in [0.717, 1.165) is 34.8 Å². The number of benzene rings is 5. The van der Waals surface area contributed by atoms with Gasteiger partial charge in [0.05, 0.1) is 59.3 Å². The van der Waals surface area contributed by atoms with Crippen molar-refractivity contribution in [2.24, 2.45) is 34.6 Å². The molecule has 94 heavy (non-hydrogen) atoms. The molecule has 4 aliphatic heterocycles. The van der Waals surface area contributed by atoms with E-state index in [1.807, 2.05) is 55.3 Å². The molecule has 9 atom stereocenters. The summed E-state index contributed by atoms with van der Waals surface area (Å²) < 4.78 is 25.7. The number of methoxy groups -OCH3 is 1. The van der Waals surface area contributed by atoms with Gasteiger partial charge in [0.15, 0.2) is 5.75 Å². The van der Waals surface area contributed by atoms with E-state index in [4.69, 9.17) is 36.4 Å². The summed E-state index contributed by atoms with van der Waals surface area (Å²) in [5.41, 5.74) is 4.87. The zero-order valence-electron chi connectivity index (χ0n) is 54.2. The van der Waals surface area contributed by atoms with Gasteiger partial charge in [-0.05, 0) is 56.3 Å². The third kappa shape index (κ3) is 15.0. The molecule has 23 heteroatoms. The van der Waals surface area contributed by atoms with Crippen molar-refractivity contribution < 1.29 is 63.7 Å². The Morgan fingerprint density at radius 3 is 2.03 bits per heavy atom. The van der Waals surface area contributed by atoms with Crippen molar-refractivity contribution in [1.29, 1.82) is 0 Å². The van der Waals surface area contributed by atoms with Gasteiger partial charge < -0.3 is 59.3 Å². The zero-order valence-corrected chi connectivity index (χ0v) is 54.9. The number of carbonyl (C=O) groups is 4. The van der Waals surface area contributed by atoms with Crippen molar-refractivity contribution >= 4 is 57.8 Å². The van der Waals surface area contributed by atoms with Crippen LogP contribution in [0.25, 0.3) is 10.8 Å². The number of phenols is 3. The van der Waals surface area contributed by atoms with Crippen LogP contribution in [0.4, 0.5) is 5.69 Å². The number of piperazine rings is 1. The number of pyridine rings is 1. The van der Waals surface area contributed by atoms with Gasteiger partial charge in [-0.2, -0.15) is 5.10 Å². The Balaban J connectivity index is 0.000000261. The minimum absolute atomic E-state index is 0.0559. The fraction of sp³-hybridized carbons (Fsp3) is 0.338. The number of Topliss-reactive ketones (excluding diaryl/α,β-unsaturated/α-hetero) is 1. The average molecular weight is 1300 g/mol. The summed E-state index contributed by atoms with van der Waals surface area (Å²) in [6.45, 7) is 15.1. The molecular formula is C71H82ClN9O13. The molecule has 5 aromatic carbocycles. The van der Waals surface area contributed by atoms with E-state index in [1.165, 1.54) is 71.8 Å². The number of phenolic OH excluding ortho intramolecular Hbond substituents is 3. The number of hydrazine groups is 1. The van der Waals surface area contributed by atoms with Gasteiger partial charge in [-0.25, -0.2) is 10.8 Å². The summed E-state index contributed by atoms with van der Waals surface area (Å²) in [7, 11) is 3.42. The molecule has 2 aromatic heterocycles. The molecule has 6 heterocycles. The summed E-state index contributed by atoms with van der Waals surface area (Å²) in [5, 5.41) is 67.6. The number of aromatic hydroxyl groups is 3. The molecule has 9 N–H and O–H groups in total. The number of hydrogen-bond donors (Lipinski definition) is 8. The quantitative estimate of drug-likeness (QED) is 0.00975. The number of nitrogens with two attached hydrogens (primary N) is 1. The molecule has 5 bridgehead atoms. The zero-order chi connectivity index (χ0) is 68.2. The number of aromatic nitrogens is 3. The van der Waals surface area contributed by atoms with Crippen LogP contribution < -0.4 is 21.3 Å². The van der Waals surface area contributed by atoms with E-state index in [9.17, 15) is 44.7 Å². The lowest BCUT2D eigenvalue weighted by Gasteiger charge is -2.38. The Kier molecular flexibility index (Phi) is 23.2. The summed E-state index contributed by atoms with van der Waals surface area (Å²) in [5.74, 6) is -3.76. The largest absolute Gasteiger partial charge is 0.507 e. The Morgan fingerprint density at radius 1 is 0.819 bits per heavy atom. The number of ether oxygens (including phenoxy) is 4. The lowest BCUT2D eigenvalue weighted by molar-refractivity contribution is -0.160. The minimum atomic E-state index is -2.04. The fourth-order valence-corrected chi connectivity index (χ4v) is 12.3. The van der Waals surface area contributed by atoms with Crippen LogP contribution in [0.3, 0.4) is 0 Å². The van der Waals surface area contributed by atoms with Crippen molar-refractivity contribution in [3.05, 3.63) is 208 Å². The molecule has 0 spiro atoms. The highest BCUT2D eigenvalue weighted by atomic mass is 35.5. The number of fused-ring (bicyclic) bond motifs is 14. The summed E-state index contributed by atoms with van der Waals surface area (Å²) in [4.78, 5) is 61.4. The van der Waals surface area contributed by atoms with Gasteiger partial charge in [-0.3, -0.25) is 34.6 Å². The minimum Gasteiger partial charge on any atom is -0.507 e. The average Bonchev–Trinajstić information content (AvgIpc) is 1.43. The van der Waals surface area contributed by atoms with Gasteiger partial charge >= 0.3 is 11.8 Å². The van der Waals surface area contributed by atoms with Gasteiger partial charge in [0.1, 0.15) is 28.9 Å². The highest BCUT2D eigenvalue weighted by molar-refractivity contribution is 6.31. The molecule has 2 amide bonds. The van der Waals surface area contributed by atoms with Gasteiger partial charge in [-0.15, -0.1) is 0 Å². The lowest BCUT2D eigenvalue weighted by Crippen LogP contribution is -2.46. The maximum Gasteiger partial charge on any atom is 0.312 e. The van der Waals surface area contributed by atoms with Crippen LogP contribution in [0, 0.1) is 30.6 Å². The third-order valence-corrected chi connectivity index (χ3v) is 17.8. The van der Waals surface area contributed by atoms with Crippen molar-refractivity contribution in [2.45, 2.75) is 91.1 Å². The molecule has 7 aromatic rings. The lowest BCUT2D eigenvalue weighted by atomic mass is 9.76. The first-order valence-electron chi connectivity index (χ1n) is 30.7. The number of nitrogens with one attached hydrogen (secondary N) is 2. The number of rotatable bonds is 9. The highest BCUT2D eigenvalue weighted by Gasteiger charge is 2.50. The number of anilines is 1. The number of amides is 2. The molecule has 11 rings (SSSR count). The first-order chi connectivity index (χ1) is 44.9. The second-order valence-electron chi connectivity index (χ2n) is 23.7. The van der Waals surface area contributed by atoms with E-state index in [0.29, 0.717) is 18.7 Å². The van der Waals surface area contributed by atoms with Crippen molar-refractivity contribution in [3.63, 3.8) is 0 Å². The van der Waals surface area contributed by atoms with Crippen LogP contribution in [0.2, 0.25) is 5.02 Å². The Morgan fingerprint density at radius 2 is 1.45 bits per heavy atom. The number of aliphatic hydroxyl groups excluding tert-OH is 2. The highest BCUT2D eigenvalue weighted by Crippen LogP contribution is 2.55. The van der Waals surface area contributed by atoms with Crippen LogP contribution >= 0.6 is 11.6 Å². The van der Waals surface area contributed by atoms with Crippen LogP contribution in [0.15, 0.2) is 169 Å². The molecule has 0 aliphatic carbocycles. The molecule has 496 valence electrons. The predicted octanol–water partition coefficient (Wildman–Crippen LogP) is 9.40. The van der Waals surface area contributed by atoms with Crippen LogP contribution in [0.5, 0.6) is 23.0 Å². The standard InChI is InChI=1S/C43H58N4O12.C22H17ClN2.C6H7N3O/c1-21-12-11-13-22(2)42(55)45-33-28(20-44-47-17-15-46(9)16-18-47)37(52)30-31(38(33)53)36(51)26(6)40-32(30)41(54)43(8,59-40)57-19-14-29(56-10)23(3)39(58-27(7)48)25(5)35(50)24(4)34(21)49;23-21-14-8-7-13-20(21)22(25-16-15-24-17-25,18-9-3-1-4-10-18)19-11-5-2-6-12-19;7-9-6(10)5-1-3-8-4-2-5/h11-14,19-21,23-25,29,34-35,39,49-53H,15-18H2,1-10H3,(H,45,55);1-17H;1-4H,7H2,(H,9,10)/b12-11+,19-14+,22-13-,44-20-;;/t21-,23-,24-,25-,29+,34+,35+,39-,43+;;/m1../s1. The summed E-state index contributed by atoms with van der Waals surface area (Å²) in [6, 6.07) is 32.0. The topological polar surface area (TPSA) is 306 Å². The number of allylic oxidation sites excluding steroid dienone is 2. The summed E-state index contributed by atoms with van der Waals surface area (Å²) >= 11 is 6.69. The Hall–Kier alpha value is -9.42. The SMILES string of the molecule is CO[C@H]1/C=C/O[C@@]2(C)Oc3c(C)c(O)c4c(O)c(c(/C=N\N5CCN(C)CC5)c(O)c4c3C2=O)NC(=O)/C(C)=C\C=C\[C@@H](C)[C@H](O)[C@@H](C)[C@H](O)[C@@H](C)[C@H](OC(C)=O)[C@@H]1C.Clc1ccccc1C(c1ccccc1)(c1ccccc1)n1ccnc1.NNC(=O)c1ccncc1. The monoisotopic (exact) mass is 1300 g/mol. The number of hydrazone groups is 1. The molecule has 0 unspecified atom stereocenters. The number of ketones is 1. The normalized spacial score (nSPS) is 24.1. The first-order valence-corrected chi connectivity index (χ1v) is 31.1. The van der Waals surface area contributed by atoms with Gasteiger partial charge in [0, 0.05) is 128 Å². The number of esters is 1. The number of aliphatic hydroxyl groups is 2. The second-order valence-corrected chi connectivity index (χ2v) is 24.1. The number of hydrogen-bond acceptors (Lipinski definition) is 19. The molecule has 0 radical (unpaired) electrons. The van der Waals surface area contributed by atoms with E-state index < -0.39 is 94.3 Å². The number of likely N-dealkylation sites (N-methyl/N-ethyl adjacent to an activating group) is 1. The van der Waals surface area contributed by atoms with Gasteiger partial charge in [-0.1, -0.05) is 136 Å². The number of carbonyl (C=O) groups excluding carboxylic acids is 4. The van der Waals surface area contributed by atoms with Gasteiger partial charge in [0.2, 0.25) is 0 Å². The molecule has 0 saturated carbocycles. The Bertz CT molecular complexity index is 3880. The van der Waals surface area contributed by atoms with E-state index in [1.54, 1.807) is 63.2 Å². The molecule has 4 aliphatic rings. The predicted molar refractivity (Wildman–Crippen MR) is 358 cm³/mol. The molecular weight excluding hydrogens is 1220 g/mol. The van der Waals surface area contributed by atoms with Crippen molar-refractivity contribution in [2.75, 3.05) is 45.7 Å². The van der Waals surface area contributed by atoms with Crippen molar-refractivity contribution in [1.82, 2.24) is 29.9 Å². The smallest absolute Gasteiger partial charge is 0.312 e. The number of imidazole rings is 1. The van der Waals surface area contributed by atoms with E-state index in [2.05, 4.69) is 84.5 Å². The molecule has 1 saturated heterocycles.